The predicted molar refractivity (Wildman–Crippen MR) is 112 cm³/mol. The van der Waals surface area contributed by atoms with Gasteiger partial charge in [-0.25, -0.2) is 0 Å². The summed E-state index contributed by atoms with van der Waals surface area (Å²) in [4.78, 5) is 0. The minimum atomic E-state index is 0.269. The normalized spacial score (nSPS) is 37.9. The van der Waals surface area contributed by atoms with Gasteiger partial charge in [0.25, 0.3) is 0 Å². The van der Waals surface area contributed by atoms with E-state index in [1.165, 1.54) is 25.7 Å². The number of nitriles is 2. The summed E-state index contributed by atoms with van der Waals surface area (Å²) in [5, 5.41) is 18.1. The van der Waals surface area contributed by atoms with Crippen LogP contribution in [-0.4, -0.2) is 0 Å². The average Bonchev–Trinajstić information content (AvgIpc) is 2.77. The second-order valence-electron chi connectivity index (χ2n) is 9.22. The van der Waals surface area contributed by atoms with Crippen LogP contribution >= 0.6 is 0 Å². The van der Waals surface area contributed by atoms with Crippen LogP contribution in [0.5, 0.6) is 0 Å². The molecule has 28 heavy (non-hydrogen) atoms. The molecule has 3 atom stereocenters. The Kier molecular flexibility index (Phi) is 7.88. The first kappa shape index (κ1) is 20.8. The molecule has 3 aliphatic carbocycles. The Morgan fingerprint density at radius 3 is 1.50 bits per heavy atom. The van der Waals surface area contributed by atoms with Gasteiger partial charge in [-0.2, -0.15) is 10.5 Å². The fourth-order valence-corrected chi connectivity index (χ4v) is 5.23. The standard InChI is InChI=1S/C26H34N2/c1-2-25-17-22(8-3-20-4-9-23(18-27)10-5-20)14-16-26(25)15-13-21-6-11-24(19-28)12-7-21/h20-26H,2,4-7,9-12,14,16-17H2,1H3. The van der Waals surface area contributed by atoms with E-state index in [0.29, 0.717) is 29.6 Å². The Morgan fingerprint density at radius 1 is 0.571 bits per heavy atom. The zero-order valence-electron chi connectivity index (χ0n) is 17.4. The molecule has 3 saturated carbocycles. The minimum Gasteiger partial charge on any atom is -0.198 e. The summed E-state index contributed by atoms with van der Waals surface area (Å²) in [5.74, 6) is 17.8. The number of nitrogens with zero attached hydrogens (tertiary/aromatic N) is 2. The molecule has 2 heteroatoms. The molecule has 0 aromatic carbocycles. The molecule has 0 aromatic heterocycles. The molecule has 0 spiro atoms. The van der Waals surface area contributed by atoms with Crippen LogP contribution in [0.4, 0.5) is 0 Å². The molecule has 0 bridgehead atoms. The van der Waals surface area contributed by atoms with Crippen molar-refractivity contribution in [2.45, 2.75) is 84.0 Å². The SMILES string of the molecule is CCC1CC(C#CC2CCC(C#N)CC2)CCC1C#CC1CCC(C#N)CC1. The van der Waals surface area contributed by atoms with E-state index < -0.39 is 0 Å². The molecule has 3 unspecified atom stereocenters. The maximum atomic E-state index is 9.04. The van der Waals surface area contributed by atoms with Crippen molar-refractivity contribution >= 4 is 0 Å². The lowest BCUT2D eigenvalue weighted by atomic mass is 9.72. The lowest BCUT2D eigenvalue weighted by molar-refractivity contribution is 0.247. The van der Waals surface area contributed by atoms with Gasteiger partial charge in [0.05, 0.1) is 12.1 Å². The molecular weight excluding hydrogens is 340 g/mol. The van der Waals surface area contributed by atoms with Crippen LogP contribution in [0.1, 0.15) is 84.0 Å². The van der Waals surface area contributed by atoms with Crippen LogP contribution in [0, 0.1) is 87.8 Å². The van der Waals surface area contributed by atoms with Gasteiger partial charge in [-0.1, -0.05) is 37.0 Å². The van der Waals surface area contributed by atoms with Crippen LogP contribution in [0.25, 0.3) is 0 Å². The third kappa shape index (κ3) is 5.80. The summed E-state index contributed by atoms with van der Waals surface area (Å²) < 4.78 is 0. The fourth-order valence-electron chi connectivity index (χ4n) is 5.23. The largest absolute Gasteiger partial charge is 0.198 e. The number of hydrogen-bond donors (Lipinski definition) is 0. The highest BCUT2D eigenvalue weighted by atomic mass is 14.3. The number of rotatable bonds is 1. The van der Waals surface area contributed by atoms with Crippen LogP contribution in [0.15, 0.2) is 0 Å². The molecule has 0 aromatic rings. The van der Waals surface area contributed by atoms with Crippen molar-refractivity contribution < 1.29 is 0 Å². The molecule has 0 N–H and O–H groups in total. The first-order valence-corrected chi connectivity index (χ1v) is 11.5. The molecule has 0 amide bonds. The smallest absolute Gasteiger partial charge is 0.0655 e. The topological polar surface area (TPSA) is 47.6 Å². The minimum absolute atomic E-state index is 0.269. The Bertz CT molecular complexity index is 700. The van der Waals surface area contributed by atoms with Crippen molar-refractivity contribution in [2.75, 3.05) is 0 Å². The van der Waals surface area contributed by atoms with Crippen LogP contribution < -0.4 is 0 Å². The molecule has 2 nitrogen and oxygen atoms in total. The zero-order valence-corrected chi connectivity index (χ0v) is 17.4. The predicted octanol–water partition coefficient (Wildman–Crippen LogP) is 6.10. The highest BCUT2D eigenvalue weighted by molar-refractivity contribution is 5.14. The molecule has 3 rings (SSSR count). The van der Waals surface area contributed by atoms with E-state index in [2.05, 4.69) is 42.7 Å². The molecular formula is C26H34N2. The first-order valence-electron chi connectivity index (χ1n) is 11.5. The summed E-state index contributed by atoms with van der Waals surface area (Å²) in [6.07, 6.45) is 13.4. The van der Waals surface area contributed by atoms with Crippen LogP contribution in [-0.2, 0) is 0 Å². The average molecular weight is 375 g/mol. The summed E-state index contributed by atoms with van der Waals surface area (Å²) >= 11 is 0. The second kappa shape index (κ2) is 10.6. The van der Waals surface area contributed by atoms with Gasteiger partial charge in [0.1, 0.15) is 0 Å². The van der Waals surface area contributed by atoms with Gasteiger partial charge in [0.15, 0.2) is 0 Å². The van der Waals surface area contributed by atoms with Crippen molar-refractivity contribution in [3.05, 3.63) is 0 Å². The molecule has 0 saturated heterocycles. The third-order valence-corrected chi connectivity index (χ3v) is 7.29. The lowest BCUT2D eigenvalue weighted by Crippen LogP contribution is -2.23. The van der Waals surface area contributed by atoms with Gasteiger partial charge in [0, 0.05) is 35.5 Å². The fraction of sp³-hybridized carbons (Fsp3) is 0.769. The molecule has 0 radical (unpaired) electrons. The molecule has 3 aliphatic rings. The highest BCUT2D eigenvalue weighted by Crippen LogP contribution is 2.36. The molecule has 0 aliphatic heterocycles. The van der Waals surface area contributed by atoms with E-state index in [1.54, 1.807) is 0 Å². The zero-order chi connectivity index (χ0) is 19.8. The van der Waals surface area contributed by atoms with E-state index in [9.17, 15) is 0 Å². The van der Waals surface area contributed by atoms with Crippen LogP contribution in [0.2, 0.25) is 0 Å². The Hall–Kier alpha value is -1.90. The quantitative estimate of drug-likeness (QED) is 0.521. The molecule has 148 valence electrons. The third-order valence-electron chi connectivity index (χ3n) is 7.29. The van der Waals surface area contributed by atoms with Crippen molar-refractivity contribution in [3.8, 4) is 35.8 Å². The van der Waals surface area contributed by atoms with E-state index >= 15 is 0 Å². The summed E-state index contributed by atoms with van der Waals surface area (Å²) in [6.45, 7) is 2.30. The number of hydrogen-bond acceptors (Lipinski definition) is 2. The monoisotopic (exact) mass is 374 g/mol. The van der Waals surface area contributed by atoms with E-state index in [0.717, 1.165) is 51.4 Å². The van der Waals surface area contributed by atoms with Gasteiger partial charge < -0.3 is 0 Å². The lowest BCUT2D eigenvalue weighted by Gasteiger charge is -2.31. The van der Waals surface area contributed by atoms with Gasteiger partial charge >= 0.3 is 0 Å². The van der Waals surface area contributed by atoms with Crippen molar-refractivity contribution in [2.24, 2.45) is 41.4 Å². The maximum Gasteiger partial charge on any atom is 0.0655 e. The highest BCUT2D eigenvalue weighted by Gasteiger charge is 2.28. The Labute approximate surface area is 172 Å². The van der Waals surface area contributed by atoms with Crippen molar-refractivity contribution in [1.29, 1.82) is 10.5 Å². The molecule has 3 fully saturated rings. The summed E-state index contributed by atoms with van der Waals surface area (Å²) in [5.41, 5.74) is 0. The molecule has 0 heterocycles. The van der Waals surface area contributed by atoms with Crippen molar-refractivity contribution in [3.63, 3.8) is 0 Å². The maximum absolute atomic E-state index is 9.04. The second-order valence-corrected chi connectivity index (χ2v) is 9.22. The Morgan fingerprint density at radius 2 is 1.00 bits per heavy atom. The van der Waals surface area contributed by atoms with E-state index in [1.807, 2.05) is 0 Å². The van der Waals surface area contributed by atoms with Gasteiger partial charge in [-0.3, -0.25) is 0 Å². The summed E-state index contributed by atoms with van der Waals surface area (Å²) in [6, 6.07) is 4.83. The van der Waals surface area contributed by atoms with Gasteiger partial charge in [-0.05, 0) is 76.5 Å². The van der Waals surface area contributed by atoms with Crippen molar-refractivity contribution in [1.82, 2.24) is 0 Å². The Balaban J connectivity index is 1.48. The van der Waals surface area contributed by atoms with Gasteiger partial charge in [0.2, 0.25) is 0 Å². The van der Waals surface area contributed by atoms with Gasteiger partial charge in [-0.15, -0.1) is 0 Å². The van der Waals surface area contributed by atoms with E-state index in [4.69, 9.17) is 10.5 Å². The van der Waals surface area contributed by atoms with E-state index in [-0.39, 0.29) is 11.8 Å². The van der Waals surface area contributed by atoms with Crippen LogP contribution in [0.3, 0.4) is 0 Å². The summed E-state index contributed by atoms with van der Waals surface area (Å²) in [7, 11) is 0. The first-order chi connectivity index (χ1) is 13.7.